The summed E-state index contributed by atoms with van der Waals surface area (Å²) < 4.78 is 11.7. The molecule has 1 amide bonds. The number of nitrogens with two attached hydrogens (primary N) is 1. The van der Waals surface area contributed by atoms with E-state index in [1.807, 2.05) is 23.1 Å². The van der Waals surface area contributed by atoms with Crippen molar-refractivity contribution in [3.63, 3.8) is 0 Å². The zero-order chi connectivity index (χ0) is 22.4. The van der Waals surface area contributed by atoms with Crippen LogP contribution in [0.4, 0.5) is 0 Å². The summed E-state index contributed by atoms with van der Waals surface area (Å²) in [6.07, 6.45) is 5.96. The molecule has 0 aromatic heterocycles. The molecule has 1 heterocycles. The molecule has 2 aliphatic rings. The second kappa shape index (κ2) is 10.5. The lowest BCUT2D eigenvalue weighted by atomic mass is 9.91. The van der Waals surface area contributed by atoms with Gasteiger partial charge in [0.25, 0.3) is 5.91 Å². The lowest BCUT2D eigenvalue weighted by Gasteiger charge is -2.33. The van der Waals surface area contributed by atoms with Crippen LogP contribution in [0, 0.1) is 0 Å². The van der Waals surface area contributed by atoms with Crippen molar-refractivity contribution in [2.45, 2.75) is 57.2 Å². The molecule has 1 aromatic rings. The Bertz CT molecular complexity index is 778. The summed E-state index contributed by atoms with van der Waals surface area (Å²) in [5.41, 5.74) is 0.486. The molecule has 1 saturated carbocycles. The zero-order valence-corrected chi connectivity index (χ0v) is 19.2. The van der Waals surface area contributed by atoms with Crippen molar-refractivity contribution < 1.29 is 19.1 Å². The number of likely N-dealkylation sites (N-methyl/N-ethyl adjacent to an activating group) is 1. The molecule has 1 atom stereocenters. The zero-order valence-electron chi connectivity index (χ0n) is 19.2. The standard InChI is InChI=1S/C24H37N3O4/c1-18(17-24(2,31-25)23(28)27-13-7-12-26(3)14-15-27)19-10-11-21(29-4)22(16-19)30-20-8-5-6-9-20/h10-11,16,20H,1,5-9,12-15,17,25H2,2-4H3. The van der Waals surface area contributed by atoms with E-state index in [1.165, 1.54) is 12.8 Å². The molecule has 1 unspecified atom stereocenters. The van der Waals surface area contributed by atoms with Crippen LogP contribution in [-0.2, 0) is 9.63 Å². The highest BCUT2D eigenvalue weighted by molar-refractivity contribution is 5.87. The Morgan fingerprint density at radius 2 is 1.90 bits per heavy atom. The van der Waals surface area contributed by atoms with Crippen molar-refractivity contribution in [3.8, 4) is 11.5 Å². The summed E-state index contributed by atoms with van der Waals surface area (Å²) in [7, 11) is 3.71. The van der Waals surface area contributed by atoms with E-state index in [9.17, 15) is 4.79 Å². The van der Waals surface area contributed by atoms with Gasteiger partial charge in [0.2, 0.25) is 0 Å². The molecule has 31 heavy (non-hydrogen) atoms. The molecule has 1 aliphatic carbocycles. The Morgan fingerprint density at radius 3 is 2.58 bits per heavy atom. The van der Waals surface area contributed by atoms with Crippen LogP contribution in [0.5, 0.6) is 11.5 Å². The van der Waals surface area contributed by atoms with Crippen molar-refractivity contribution >= 4 is 11.5 Å². The Labute approximate surface area is 186 Å². The van der Waals surface area contributed by atoms with Gasteiger partial charge in [-0.15, -0.1) is 0 Å². The van der Waals surface area contributed by atoms with Gasteiger partial charge in [-0.05, 0) is 75.9 Å². The number of ether oxygens (including phenoxy) is 2. The molecule has 2 fully saturated rings. The number of carbonyl (C=O) groups excluding carboxylic acids is 1. The molecule has 1 saturated heterocycles. The number of hydrogen-bond donors (Lipinski definition) is 1. The number of methoxy groups -OCH3 is 1. The molecule has 0 spiro atoms. The Hall–Kier alpha value is -2.09. The lowest BCUT2D eigenvalue weighted by Crippen LogP contribution is -2.51. The van der Waals surface area contributed by atoms with Gasteiger partial charge in [-0.2, -0.15) is 0 Å². The maximum Gasteiger partial charge on any atom is 0.257 e. The first-order valence-electron chi connectivity index (χ1n) is 11.2. The molecule has 172 valence electrons. The van der Waals surface area contributed by atoms with E-state index in [1.54, 1.807) is 14.0 Å². The van der Waals surface area contributed by atoms with Crippen molar-refractivity contribution in [2.24, 2.45) is 5.90 Å². The number of nitrogens with zero attached hydrogens (tertiary/aromatic N) is 2. The van der Waals surface area contributed by atoms with E-state index in [0.29, 0.717) is 31.0 Å². The Kier molecular flexibility index (Phi) is 7.97. The number of benzene rings is 1. The first-order valence-corrected chi connectivity index (χ1v) is 11.2. The third-order valence-corrected chi connectivity index (χ3v) is 6.44. The third-order valence-electron chi connectivity index (χ3n) is 6.44. The highest BCUT2D eigenvalue weighted by atomic mass is 16.6. The fraction of sp³-hybridized carbons (Fsp3) is 0.625. The molecular weight excluding hydrogens is 394 g/mol. The smallest absolute Gasteiger partial charge is 0.257 e. The van der Waals surface area contributed by atoms with Crippen LogP contribution >= 0.6 is 0 Å². The molecule has 1 aliphatic heterocycles. The van der Waals surface area contributed by atoms with Crippen molar-refractivity contribution in [1.82, 2.24) is 9.80 Å². The molecule has 7 nitrogen and oxygen atoms in total. The molecule has 7 heteroatoms. The van der Waals surface area contributed by atoms with Crippen molar-refractivity contribution in [1.29, 1.82) is 0 Å². The maximum atomic E-state index is 13.3. The average molecular weight is 432 g/mol. The topological polar surface area (TPSA) is 77.3 Å². The van der Waals surface area contributed by atoms with Crippen LogP contribution in [0.15, 0.2) is 24.8 Å². The second-order valence-corrected chi connectivity index (χ2v) is 8.97. The van der Waals surface area contributed by atoms with E-state index in [-0.39, 0.29) is 12.0 Å². The molecule has 0 radical (unpaired) electrons. The summed E-state index contributed by atoms with van der Waals surface area (Å²) in [4.78, 5) is 22.7. The first kappa shape index (κ1) is 23.6. The van der Waals surface area contributed by atoms with Crippen LogP contribution in [0.2, 0.25) is 0 Å². The van der Waals surface area contributed by atoms with Gasteiger partial charge >= 0.3 is 0 Å². The normalized spacial score (nSPS) is 20.2. The fourth-order valence-corrected chi connectivity index (χ4v) is 4.44. The van der Waals surface area contributed by atoms with Gasteiger partial charge in [0, 0.05) is 26.1 Å². The summed E-state index contributed by atoms with van der Waals surface area (Å²) in [6.45, 7) is 9.17. The van der Waals surface area contributed by atoms with E-state index in [0.717, 1.165) is 43.5 Å². The average Bonchev–Trinajstić information content (AvgIpc) is 3.18. The highest BCUT2D eigenvalue weighted by Gasteiger charge is 2.39. The monoisotopic (exact) mass is 431 g/mol. The summed E-state index contributed by atoms with van der Waals surface area (Å²) >= 11 is 0. The van der Waals surface area contributed by atoms with Crippen molar-refractivity contribution in [2.75, 3.05) is 40.3 Å². The second-order valence-electron chi connectivity index (χ2n) is 8.97. The van der Waals surface area contributed by atoms with Crippen LogP contribution in [-0.4, -0.2) is 67.7 Å². The van der Waals surface area contributed by atoms with E-state index in [2.05, 4.69) is 18.5 Å². The predicted molar refractivity (Wildman–Crippen MR) is 122 cm³/mol. The van der Waals surface area contributed by atoms with E-state index >= 15 is 0 Å². The Morgan fingerprint density at radius 1 is 1.16 bits per heavy atom. The van der Waals surface area contributed by atoms with Crippen LogP contribution in [0.25, 0.3) is 5.57 Å². The lowest BCUT2D eigenvalue weighted by molar-refractivity contribution is -0.156. The molecule has 3 rings (SSSR count). The fourth-order valence-electron chi connectivity index (χ4n) is 4.44. The summed E-state index contributed by atoms with van der Waals surface area (Å²) in [6, 6.07) is 5.77. The summed E-state index contributed by atoms with van der Waals surface area (Å²) in [5.74, 6) is 6.97. The minimum absolute atomic E-state index is 0.0950. The third kappa shape index (κ3) is 5.79. The summed E-state index contributed by atoms with van der Waals surface area (Å²) in [5, 5.41) is 0. The van der Waals surface area contributed by atoms with Gasteiger partial charge in [0.1, 0.15) is 0 Å². The minimum Gasteiger partial charge on any atom is -0.493 e. The SMILES string of the molecule is C=C(CC(C)(ON)C(=O)N1CCCN(C)CC1)c1ccc(OC)c(OC2CCCC2)c1. The molecule has 1 aromatic carbocycles. The van der Waals surface area contributed by atoms with Crippen LogP contribution < -0.4 is 15.4 Å². The molecule has 2 N–H and O–H groups in total. The van der Waals surface area contributed by atoms with Crippen LogP contribution in [0.1, 0.15) is 51.0 Å². The molecule has 0 bridgehead atoms. The van der Waals surface area contributed by atoms with Crippen molar-refractivity contribution in [3.05, 3.63) is 30.3 Å². The van der Waals surface area contributed by atoms with Gasteiger partial charge in [0.05, 0.1) is 13.2 Å². The van der Waals surface area contributed by atoms with Gasteiger partial charge in [0.15, 0.2) is 17.1 Å². The maximum absolute atomic E-state index is 13.3. The van der Waals surface area contributed by atoms with Gasteiger partial charge < -0.3 is 19.3 Å². The minimum atomic E-state index is -1.17. The van der Waals surface area contributed by atoms with E-state index < -0.39 is 5.60 Å². The van der Waals surface area contributed by atoms with Gasteiger partial charge in [-0.3, -0.25) is 9.63 Å². The van der Waals surface area contributed by atoms with Crippen LogP contribution in [0.3, 0.4) is 0 Å². The number of amides is 1. The number of rotatable bonds is 8. The number of carbonyl (C=O) groups is 1. The first-order chi connectivity index (χ1) is 14.9. The highest BCUT2D eigenvalue weighted by Crippen LogP contribution is 2.36. The van der Waals surface area contributed by atoms with Gasteiger partial charge in [-0.25, -0.2) is 5.90 Å². The Balaban J connectivity index is 1.73. The van der Waals surface area contributed by atoms with E-state index in [4.69, 9.17) is 20.2 Å². The number of hydrogen-bond acceptors (Lipinski definition) is 6. The predicted octanol–water partition coefficient (Wildman–Crippen LogP) is 3.23. The largest absolute Gasteiger partial charge is 0.493 e. The molecular formula is C24H37N3O4. The van der Waals surface area contributed by atoms with Gasteiger partial charge in [-0.1, -0.05) is 12.6 Å². The quantitative estimate of drug-likeness (QED) is 0.637.